The number of fused-ring (bicyclic) bond motifs is 2. The van der Waals surface area contributed by atoms with Crippen LogP contribution in [-0.2, 0) is 27.3 Å². The molecule has 6 atom stereocenters. The van der Waals surface area contributed by atoms with Crippen molar-refractivity contribution in [1.29, 1.82) is 0 Å². The number of phenols is 1. The molecule has 3 aliphatic rings. The number of alkyl carbamates (subject to hydrolysis) is 1. The summed E-state index contributed by atoms with van der Waals surface area (Å²) < 4.78 is 26.5. The topological polar surface area (TPSA) is 226 Å². The Bertz CT molecular complexity index is 1900. The molecule has 16 heteroatoms. The molecule has 0 saturated carbocycles. The number of phenolic OH excluding ortho intramolecular Hbond substituents is 1. The zero-order valence-electron chi connectivity index (χ0n) is 28.0. The van der Waals surface area contributed by atoms with Crippen LogP contribution >= 0.6 is 0 Å². The number of carbonyl (C=O) groups is 3. The number of hydrogen-bond acceptors (Lipinski definition) is 13. The van der Waals surface area contributed by atoms with Crippen LogP contribution in [-0.4, -0.2) is 112 Å². The van der Waals surface area contributed by atoms with E-state index >= 15 is 0 Å². The number of nitrogens with zero attached hydrogens (tertiary/aromatic N) is 2. The molecule has 1 unspecified atom stereocenters. The van der Waals surface area contributed by atoms with Crippen molar-refractivity contribution in [3.8, 4) is 23.0 Å². The summed E-state index contributed by atoms with van der Waals surface area (Å²) in [6, 6.07) is 14.7. The molecule has 16 nitrogen and oxygen atoms in total. The Balaban J connectivity index is 1.02. The largest absolute Gasteiger partial charge is 0.507 e. The molecule has 52 heavy (non-hydrogen) atoms. The molecule has 1 fully saturated rings. The quantitative estimate of drug-likeness (QED) is 0.167. The molecule has 1 saturated heterocycles. The number of carboxylic acids is 1. The maximum Gasteiger partial charge on any atom is 0.407 e. The van der Waals surface area contributed by atoms with Crippen LogP contribution in [0, 0.1) is 0 Å². The first-order valence-electron chi connectivity index (χ1n) is 16.2. The molecule has 0 radical (unpaired) electrons. The summed E-state index contributed by atoms with van der Waals surface area (Å²) in [5.41, 5.74) is 3.78. The lowest BCUT2D eigenvalue weighted by molar-refractivity contribution is -0.271. The fourth-order valence-electron chi connectivity index (χ4n) is 6.07. The molecule has 0 aromatic heterocycles. The van der Waals surface area contributed by atoms with Gasteiger partial charge in [-0.15, -0.1) is 0 Å². The molecule has 3 aromatic rings. The Morgan fingerprint density at radius 2 is 1.71 bits per heavy atom. The van der Waals surface area contributed by atoms with Crippen molar-refractivity contribution < 1.29 is 63.6 Å². The number of aliphatic imine (C=N–C) groups is 1. The zero-order valence-corrected chi connectivity index (χ0v) is 28.0. The number of ether oxygens (including phenoxy) is 5. The lowest BCUT2D eigenvalue weighted by Gasteiger charge is -2.38. The SMILES string of the molecule is COc1ccc(C2=CN3C(=O)c4cc(OC)c(CCNC(=O)OCc5ccc(O[C@@H]6O[C@H](C(=O)O)[C@@H](O)[C@H](O)[C@H]6O)cc5O)cc4N=CC3C2)cc1. The third kappa shape index (κ3) is 7.50. The van der Waals surface area contributed by atoms with Crippen molar-refractivity contribution in [2.75, 3.05) is 20.8 Å². The maximum absolute atomic E-state index is 13.6. The molecule has 274 valence electrons. The number of amides is 2. The lowest BCUT2D eigenvalue weighted by Crippen LogP contribution is -2.61. The maximum atomic E-state index is 13.6. The van der Waals surface area contributed by atoms with Crippen LogP contribution in [0.5, 0.6) is 23.0 Å². The summed E-state index contributed by atoms with van der Waals surface area (Å²) in [6.07, 6.45) is -5.27. The minimum Gasteiger partial charge on any atom is -0.507 e. The number of benzene rings is 3. The Morgan fingerprint density at radius 3 is 2.40 bits per heavy atom. The van der Waals surface area contributed by atoms with E-state index in [-0.39, 0.29) is 42.2 Å². The highest BCUT2D eigenvalue weighted by Crippen LogP contribution is 2.37. The average molecular weight is 720 g/mol. The van der Waals surface area contributed by atoms with Gasteiger partial charge in [-0.05, 0) is 59.5 Å². The highest BCUT2D eigenvalue weighted by molar-refractivity contribution is 6.05. The van der Waals surface area contributed by atoms with Crippen LogP contribution in [0.2, 0.25) is 0 Å². The molecule has 0 aliphatic carbocycles. The number of aliphatic hydroxyl groups is 3. The fourth-order valence-corrected chi connectivity index (χ4v) is 6.07. The van der Waals surface area contributed by atoms with E-state index in [1.165, 1.54) is 19.2 Å². The van der Waals surface area contributed by atoms with Crippen molar-refractivity contribution in [2.45, 2.75) is 56.2 Å². The number of methoxy groups -OCH3 is 2. The van der Waals surface area contributed by atoms with Gasteiger partial charge in [0.05, 0.1) is 31.5 Å². The highest BCUT2D eigenvalue weighted by atomic mass is 16.7. The predicted octanol–water partition coefficient (Wildman–Crippen LogP) is 2.12. The minimum atomic E-state index is -1.88. The molecule has 0 spiro atoms. The Kier molecular flexibility index (Phi) is 10.6. The van der Waals surface area contributed by atoms with E-state index in [9.17, 15) is 39.9 Å². The van der Waals surface area contributed by atoms with Gasteiger partial charge in [0, 0.05) is 37.0 Å². The van der Waals surface area contributed by atoms with Crippen LogP contribution in [0.25, 0.3) is 5.57 Å². The molecule has 6 N–H and O–H groups in total. The standard InChI is InChI=1S/C36H37N3O13/c1-48-23-6-3-18(4-7-23)21-11-22-15-38-26-12-19(28(49-2)14-25(26)33(44)39(22)16-21)9-10-37-36(47)50-17-20-5-8-24(13-27(20)40)51-35-31(43)29(41)30(42)32(52-35)34(45)46/h3-8,12-16,22,29-32,35,40-43H,9-11,17H2,1-2H3,(H,37,47)(H,45,46)/t22?,29-,30-,31+,32-,35+/m0/s1. The summed E-state index contributed by atoms with van der Waals surface area (Å²) in [5, 5.41) is 52.2. The van der Waals surface area contributed by atoms with Crippen molar-refractivity contribution in [2.24, 2.45) is 4.99 Å². The van der Waals surface area contributed by atoms with E-state index in [1.54, 1.807) is 30.4 Å². The van der Waals surface area contributed by atoms with Crippen molar-refractivity contribution in [3.63, 3.8) is 0 Å². The third-order valence-electron chi connectivity index (χ3n) is 8.94. The molecule has 3 aliphatic heterocycles. The van der Waals surface area contributed by atoms with Gasteiger partial charge < -0.3 is 59.4 Å². The second kappa shape index (κ2) is 15.3. The number of hydrogen-bond donors (Lipinski definition) is 6. The van der Waals surface area contributed by atoms with E-state index in [0.29, 0.717) is 35.4 Å². The van der Waals surface area contributed by atoms with Crippen LogP contribution in [0.3, 0.4) is 0 Å². The third-order valence-corrected chi connectivity index (χ3v) is 8.94. The van der Waals surface area contributed by atoms with Crippen molar-refractivity contribution in [1.82, 2.24) is 10.2 Å². The molecule has 3 heterocycles. The summed E-state index contributed by atoms with van der Waals surface area (Å²) >= 11 is 0. The zero-order chi connectivity index (χ0) is 37.1. The highest BCUT2D eigenvalue weighted by Gasteiger charge is 2.48. The van der Waals surface area contributed by atoms with Crippen LogP contribution in [0.4, 0.5) is 10.5 Å². The molecular weight excluding hydrogens is 682 g/mol. The van der Waals surface area contributed by atoms with E-state index in [0.717, 1.165) is 23.0 Å². The number of aliphatic carboxylic acids is 1. The minimum absolute atomic E-state index is 0.0571. The van der Waals surface area contributed by atoms with Crippen LogP contribution < -0.4 is 19.5 Å². The first-order valence-corrected chi connectivity index (χ1v) is 16.2. The fraction of sp³-hybridized carbons (Fsp3) is 0.333. The summed E-state index contributed by atoms with van der Waals surface area (Å²) in [5.74, 6) is -0.975. The van der Waals surface area contributed by atoms with E-state index in [4.69, 9.17) is 23.7 Å². The van der Waals surface area contributed by atoms with E-state index in [1.807, 2.05) is 30.5 Å². The van der Waals surface area contributed by atoms with Gasteiger partial charge in [0.1, 0.15) is 47.9 Å². The van der Waals surface area contributed by atoms with Gasteiger partial charge in [0.2, 0.25) is 6.29 Å². The number of rotatable bonds is 11. The molecular formula is C36H37N3O13. The smallest absolute Gasteiger partial charge is 0.407 e. The van der Waals surface area contributed by atoms with Crippen LogP contribution in [0.15, 0.2) is 65.8 Å². The van der Waals surface area contributed by atoms with Gasteiger partial charge in [0.25, 0.3) is 5.91 Å². The number of carboxylic acid groups (broad SMARTS) is 1. The second-order valence-corrected chi connectivity index (χ2v) is 12.2. The molecule has 3 aromatic carbocycles. The van der Waals surface area contributed by atoms with Crippen molar-refractivity contribution >= 4 is 35.4 Å². The van der Waals surface area contributed by atoms with Gasteiger partial charge in [0.15, 0.2) is 6.10 Å². The Hall–Kier alpha value is -5.68. The van der Waals surface area contributed by atoms with Gasteiger partial charge in [-0.1, -0.05) is 12.1 Å². The Labute approximate surface area is 297 Å². The summed E-state index contributed by atoms with van der Waals surface area (Å²) in [7, 11) is 3.10. The lowest BCUT2D eigenvalue weighted by atomic mass is 9.99. The number of aliphatic hydroxyl groups excluding tert-OH is 3. The van der Waals surface area contributed by atoms with Crippen molar-refractivity contribution in [3.05, 3.63) is 83.1 Å². The van der Waals surface area contributed by atoms with Crippen LogP contribution in [0.1, 0.15) is 33.5 Å². The first-order chi connectivity index (χ1) is 25.0. The molecule has 0 bridgehead atoms. The number of nitrogens with one attached hydrogen (secondary N) is 1. The summed E-state index contributed by atoms with van der Waals surface area (Å²) in [6.45, 7) is -0.174. The normalized spacial score (nSPS) is 23.5. The Morgan fingerprint density at radius 1 is 0.962 bits per heavy atom. The summed E-state index contributed by atoms with van der Waals surface area (Å²) in [4.78, 5) is 43.8. The number of carbonyl (C=O) groups excluding carboxylic acids is 2. The van der Waals surface area contributed by atoms with Gasteiger partial charge >= 0.3 is 12.1 Å². The molecule has 6 rings (SSSR count). The number of aromatic hydroxyl groups is 1. The average Bonchev–Trinajstić information content (AvgIpc) is 3.52. The second-order valence-electron chi connectivity index (χ2n) is 12.2. The van der Waals surface area contributed by atoms with E-state index < -0.39 is 42.8 Å². The van der Waals surface area contributed by atoms with Gasteiger partial charge in [-0.25, -0.2) is 9.59 Å². The van der Waals surface area contributed by atoms with Gasteiger partial charge in [-0.2, -0.15) is 0 Å². The predicted molar refractivity (Wildman–Crippen MR) is 182 cm³/mol. The van der Waals surface area contributed by atoms with Gasteiger partial charge in [-0.3, -0.25) is 9.79 Å². The first kappa shape index (κ1) is 36.1. The van der Waals surface area contributed by atoms with E-state index in [2.05, 4.69) is 10.3 Å². The monoisotopic (exact) mass is 719 g/mol. The molecule has 2 amide bonds.